The quantitative estimate of drug-likeness (QED) is 0.670. The van der Waals surface area contributed by atoms with Crippen molar-refractivity contribution in [1.82, 2.24) is 4.98 Å². The van der Waals surface area contributed by atoms with E-state index < -0.39 is 0 Å². The minimum absolute atomic E-state index is 0.248. The van der Waals surface area contributed by atoms with Gasteiger partial charge in [-0.15, -0.1) is 0 Å². The minimum atomic E-state index is -0.248. The Morgan fingerprint density at radius 3 is 2.41 bits per heavy atom. The number of nitrogens with one attached hydrogen (secondary N) is 2. The van der Waals surface area contributed by atoms with Crippen molar-refractivity contribution in [2.75, 3.05) is 17.7 Å². The fraction of sp³-hybridized carbons (Fsp3) is 0.182. The van der Waals surface area contributed by atoms with Gasteiger partial charge in [-0.25, -0.2) is 0 Å². The van der Waals surface area contributed by atoms with E-state index in [1.165, 1.54) is 0 Å². The number of hydrogen-bond donors (Lipinski definition) is 2. The first kappa shape index (κ1) is 18.5. The monoisotopic (exact) mass is 361 g/mol. The number of ether oxygens (including phenoxy) is 1. The number of rotatable bonds is 5. The molecule has 2 aromatic carbocycles. The maximum absolute atomic E-state index is 12.6. The molecule has 138 valence electrons. The summed E-state index contributed by atoms with van der Waals surface area (Å²) in [6.45, 7) is 6.01. The van der Waals surface area contributed by atoms with Crippen molar-refractivity contribution in [2.45, 2.75) is 20.8 Å². The number of amides is 1. The number of aryl methyl sites for hydroxylation is 3. The highest BCUT2D eigenvalue weighted by Crippen LogP contribution is 2.28. The number of carbonyl (C=O) groups excluding carboxylic acids is 1. The summed E-state index contributed by atoms with van der Waals surface area (Å²) in [7, 11) is 1.63. The zero-order valence-electron chi connectivity index (χ0n) is 16.0. The predicted octanol–water partition coefficient (Wildman–Crippen LogP) is 5.01. The Hall–Kier alpha value is -3.34. The van der Waals surface area contributed by atoms with Gasteiger partial charge in [0.05, 0.1) is 12.8 Å². The molecule has 3 rings (SSSR count). The Morgan fingerprint density at radius 1 is 0.926 bits per heavy atom. The molecule has 5 heteroatoms. The number of anilines is 3. The molecule has 1 amide bonds. The number of methoxy groups -OCH3 is 1. The van der Waals surface area contributed by atoms with Crippen molar-refractivity contribution in [1.29, 1.82) is 0 Å². The van der Waals surface area contributed by atoms with E-state index in [0.717, 1.165) is 39.5 Å². The second kappa shape index (κ2) is 7.91. The van der Waals surface area contributed by atoms with E-state index in [9.17, 15) is 4.79 Å². The average molecular weight is 361 g/mol. The molecule has 0 saturated carbocycles. The minimum Gasteiger partial charge on any atom is -0.495 e. The lowest BCUT2D eigenvalue weighted by molar-refractivity contribution is 0.102. The highest BCUT2D eigenvalue weighted by Gasteiger charge is 2.11. The zero-order valence-corrected chi connectivity index (χ0v) is 16.0. The van der Waals surface area contributed by atoms with E-state index in [-0.39, 0.29) is 5.91 Å². The van der Waals surface area contributed by atoms with Crippen LogP contribution < -0.4 is 15.4 Å². The molecular weight excluding hydrogens is 338 g/mol. The van der Waals surface area contributed by atoms with Crippen LogP contribution in [0.4, 0.5) is 17.1 Å². The van der Waals surface area contributed by atoms with Crippen LogP contribution in [0.1, 0.15) is 27.2 Å². The highest BCUT2D eigenvalue weighted by atomic mass is 16.5. The second-order valence-corrected chi connectivity index (χ2v) is 6.53. The Kier molecular flexibility index (Phi) is 5.41. The first-order valence-electron chi connectivity index (χ1n) is 8.72. The van der Waals surface area contributed by atoms with Gasteiger partial charge in [-0.2, -0.15) is 0 Å². The largest absolute Gasteiger partial charge is 0.495 e. The molecule has 0 aliphatic heterocycles. The molecule has 1 heterocycles. The van der Waals surface area contributed by atoms with Gasteiger partial charge in [0.25, 0.3) is 5.91 Å². The van der Waals surface area contributed by atoms with Crippen LogP contribution in [0.25, 0.3) is 0 Å². The van der Waals surface area contributed by atoms with Crippen LogP contribution in [0.2, 0.25) is 0 Å². The van der Waals surface area contributed by atoms with Crippen molar-refractivity contribution >= 4 is 23.0 Å². The van der Waals surface area contributed by atoms with Crippen molar-refractivity contribution in [3.63, 3.8) is 0 Å². The number of carbonyl (C=O) groups is 1. The molecule has 0 unspecified atom stereocenters. The van der Waals surface area contributed by atoms with Gasteiger partial charge in [-0.1, -0.05) is 23.8 Å². The fourth-order valence-electron chi connectivity index (χ4n) is 2.85. The van der Waals surface area contributed by atoms with Crippen molar-refractivity contribution in [3.8, 4) is 5.75 Å². The molecule has 2 N–H and O–H groups in total. The lowest BCUT2D eigenvalue weighted by Gasteiger charge is -2.13. The molecule has 5 nitrogen and oxygen atoms in total. The normalized spacial score (nSPS) is 10.4. The van der Waals surface area contributed by atoms with Gasteiger partial charge in [-0.3, -0.25) is 9.78 Å². The van der Waals surface area contributed by atoms with Crippen LogP contribution in [-0.4, -0.2) is 18.0 Å². The average Bonchev–Trinajstić information content (AvgIpc) is 2.64. The molecule has 0 aliphatic carbocycles. The van der Waals surface area contributed by atoms with E-state index >= 15 is 0 Å². The topological polar surface area (TPSA) is 63.2 Å². The Labute approximate surface area is 159 Å². The van der Waals surface area contributed by atoms with Crippen LogP contribution in [0.3, 0.4) is 0 Å². The van der Waals surface area contributed by atoms with E-state index in [2.05, 4.69) is 15.6 Å². The van der Waals surface area contributed by atoms with E-state index in [4.69, 9.17) is 4.74 Å². The Morgan fingerprint density at radius 2 is 1.67 bits per heavy atom. The summed E-state index contributed by atoms with van der Waals surface area (Å²) < 4.78 is 5.39. The van der Waals surface area contributed by atoms with E-state index in [0.29, 0.717) is 5.69 Å². The number of aromatic nitrogens is 1. The molecular formula is C22H23N3O2. The van der Waals surface area contributed by atoms with Crippen LogP contribution >= 0.6 is 0 Å². The summed E-state index contributed by atoms with van der Waals surface area (Å²) in [6.07, 6.45) is 1.61. The molecule has 0 spiro atoms. The standard InChI is InChI=1S/C22H23N3O2/c1-14-5-7-18(16(3)11-14)25-22(26)20-13-17(9-10-23-20)24-19-12-15(2)6-8-21(19)27-4/h5-13H,1-4H3,(H,23,24)(H,25,26). The van der Waals surface area contributed by atoms with Gasteiger partial charge in [0.1, 0.15) is 11.4 Å². The summed E-state index contributed by atoms with van der Waals surface area (Å²) in [5.41, 5.74) is 6.01. The summed E-state index contributed by atoms with van der Waals surface area (Å²) >= 11 is 0. The molecule has 0 saturated heterocycles. The molecule has 0 atom stereocenters. The third kappa shape index (κ3) is 4.44. The molecule has 0 aliphatic rings. The Bertz CT molecular complexity index is 983. The van der Waals surface area contributed by atoms with Gasteiger partial charge >= 0.3 is 0 Å². The number of nitrogens with zero attached hydrogens (tertiary/aromatic N) is 1. The first-order chi connectivity index (χ1) is 13.0. The van der Waals surface area contributed by atoms with Gasteiger partial charge < -0.3 is 15.4 Å². The Balaban J connectivity index is 1.81. The van der Waals surface area contributed by atoms with Gasteiger partial charge in [0, 0.05) is 17.6 Å². The first-order valence-corrected chi connectivity index (χ1v) is 8.72. The fourth-order valence-corrected chi connectivity index (χ4v) is 2.85. The van der Waals surface area contributed by atoms with Crippen LogP contribution in [-0.2, 0) is 0 Å². The van der Waals surface area contributed by atoms with Crippen LogP contribution in [0, 0.1) is 20.8 Å². The summed E-state index contributed by atoms with van der Waals surface area (Å²) in [4.78, 5) is 16.8. The molecule has 1 aromatic heterocycles. The maximum Gasteiger partial charge on any atom is 0.274 e. The zero-order chi connectivity index (χ0) is 19.4. The lowest BCUT2D eigenvalue weighted by Crippen LogP contribution is -2.14. The molecule has 0 bridgehead atoms. The van der Waals surface area contributed by atoms with E-state index in [1.54, 1.807) is 19.4 Å². The third-order valence-corrected chi connectivity index (χ3v) is 4.26. The summed E-state index contributed by atoms with van der Waals surface area (Å²) in [5.74, 6) is 0.487. The molecule has 0 fully saturated rings. The van der Waals surface area contributed by atoms with Crippen molar-refractivity contribution in [3.05, 3.63) is 77.1 Å². The van der Waals surface area contributed by atoms with Crippen LogP contribution in [0.5, 0.6) is 5.75 Å². The molecule has 0 radical (unpaired) electrons. The number of benzene rings is 2. The van der Waals surface area contributed by atoms with Crippen molar-refractivity contribution < 1.29 is 9.53 Å². The number of hydrogen-bond acceptors (Lipinski definition) is 4. The van der Waals surface area contributed by atoms with E-state index in [1.807, 2.05) is 63.2 Å². The summed E-state index contributed by atoms with van der Waals surface area (Å²) in [6, 6.07) is 15.3. The van der Waals surface area contributed by atoms with Gasteiger partial charge in [-0.05, 0) is 62.2 Å². The summed E-state index contributed by atoms with van der Waals surface area (Å²) in [5, 5.41) is 6.22. The van der Waals surface area contributed by atoms with Gasteiger partial charge in [0.2, 0.25) is 0 Å². The van der Waals surface area contributed by atoms with Gasteiger partial charge in [0.15, 0.2) is 0 Å². The maximum atomic E-state index is 12.6. The highest BCUT2D eigenvalue weighted by molar-refractivity contribution is 6.03. The molecule has 3 aromatic rings. The smallest absolute Gasteiger partial charge is 0.274 e. The molecule has 27 heavy (non-hydrogen) atoms. The lowest BCUT2D eigenvalue weighted by atomic mass is 10.1. The third-order valence-electron chi connectivity index (χ3n) is 4.26. The second-order valence-electron chi connectivity index (χ2n) is 6.53. The predicted molar refractivity (Wildman–Crippen MR) is 109 cm³/mol. The SMILES string of the molecule is COc1ccc(C)cc1Nc1ccnc(C(=O)Nc2ccc(C)cc2C)c1. The number of pyridine rings is 1. The van der Waals surface area contributed by atoms with Crippen molar-refractivity contribution in [2.24, 2.45) is 0 Å². The van der Waals surface area contributed by atoms with Crippen LogP contribution in [0.15, 0.2) is 54.7 Å².